The largest absolute Gasteiger partial charge is 0.472 e. The van der Waals surface area contributed by atoms with Crippen LogP contribution in [0.2, 0.25) is 0 Å². The predicted octanol–water partition coefficient (Wildman–Crippen LogP) is -1.91. The average molecular weight is 716 g/mol. The van der Waals surface area contributed by atoms with Gasteiger partial charge >= 0.3 is 15.6 Å². The summed E-state index contributed by atoms with van der Waals surface area (Å²) in [4.78, 5) is 70.7. The molecule has 0 aromatic carbocycles. The van der Waals surface area contributed by atoms with Gasteiger partial charge in [0.25, 0.3) is 11.1 Å². The van der Waals surface area contributed by atoms with Crippen molar-refractivity contribution >= 4 is 56.1 Å². The number of aliphatic hydroxyl groups is 2. The number of phosphoric acid groups is 2. The van der Waals surface area contributed by atoms with Gasteiger partial charge in [-0.2, -0.15) is 9.97 Å². The Labute approximate surface area is 265 Å². The van der Waals surface area contributed by atoms with Crippen LogP contribution >= 0.6 is 15.6 Å². The number of aromatic nitrogens is 8. The van der Waals surface area contributed by atoms with Gasteiger partial charge in [0, 0.05) is 6.21 Å². The number of aromatic amines is 2. The van der Waals surface area contributed by atoms with Crippen LogP contribution in [0, 0.1) is 0 Å². The molecule has 3 aliphatic rings. The zero-order valence-corrected chi connectivity index (χ0v) is 26.0. The van der Waals surface area contributed by atoms with Crippen LogP contribution < -0.4 is 16.9 Å². The first-order chi connectivity index (χ1) is 22.7. The standard InChI is InChI=1S/C22H26N10O14P2/c1-2-24-22-28-16-10(18(36)30-22)26-6-32(16)20-12(34)14-8(44-20)4-42-47(37,38)45-13-7(3-41-48(39,40)46-14)43-19(11(13)33)31-5-25-9-15(31)27-21(23)29-17(9)35/h2,5-8,11-14,19-20,33-34H,3-4H2,1H3,(H,37,38)(H,39,40)(H,28,30,36)(H3,23,27,29,35)/b24-2-/t7-,8-,11?,12-,13-,14?,19+,20+/m0/s1. The number of phosphoric ester groups is 2. The first kappa shape index (κ1) is 32.8. The molecule has 3 fully saturated rings. The van der Waals surface area contributed by atoms with Gasteiger partial charge in [-0.05, 0) is 6.92 Å². The minimum Gasteiger partial charge on any atom is -0.386 e. The smallest absolute Gasteiger partial charge is 0.386 e. The quantitative estimate of drug-likeness (QED) is 0.0898. The lowest BCUT2D eigenvalue weighted by molar-refractivity contribution is -0.0664. The number of nitrogens with zero attached hydrogens (tertiary/aromatic N) is 7. The zero-order chi connectivity index (χ0) is 34.1. The molecule has 10 atom stereocenters. The molecule has 48 heavy (non-hydrogen) atoms. The van der Waals surface area contributed by atoms with Crippen LogP contribution in [0.1, 0.15) is 19.4 Å². The normalized spacial score (nSPS) is 36.3. The minimum atomic E-state index is -5.11. The third kappa shape index (κ3) is 5.80. The van der Waals surface area contributed by atoms with Gasteiger partial charge in [-0.3, -0.25) is 46.8 Å². The van der Waals surface area contributed by atoms with Crippen molar-refractivity contribution in [2.45, 2.75) is 56.0 Å². The summed E-state index contributed by atoms with van der Waals surface area (Å²) in [6.07, 6.45) is -9.48. The molecule has 26 heteroatoms. The Hall–Kier alpha value is -3.77. The summed E-state index contributed by atoms with van der Waals surface area (Å²) in [5, 5.41) is 22.4. The summed E-state index contributed by atoms with van der Waals surface area (Å²) in [6.45, 7) is -0.148. The molecule has 24 nitrogen and oxygen atoms in total. The van der Waals surface area contributed by atoms with Crippen molar-refractivity contribution in [3.05, 3.63) is 33.4 Å². The van der Waals surface area contributed by atoms with E-state index in [2.05, 4.69) is 34.9 Å². The minimum absolute atomic E-state index is 0.0806. The van der Waals surface area contributed by atoms with Crippen LogP contribution in [0.15, 0.2) is 27.2 Å². The number of fused-ring (bicyclic) bond motifs is 4. The van der Waals surface area contributed by atoms with Gasteiger partial charge in [0.15, 0.2) is 34.8 Å². The number of ether oxygens (including phenoxy) is 2. The molecule has 0 radical (unpaired) electrons. The lowest BCUT2D eigenvalue weighted by Gasteiger charge is -2.27. The van der Waals surface area contributed by atoms with Crippen LogP contribution in [0.25, 0.3) is 22.3 Å². The third-order valence-corrected chi connectivity index (χ3v) is 9.57. The van der Waals surface area contributed by atoms with E-state index in [9.17, 15) is 38.7 Å². The molecule has 0 saturated carbocycles. The first-order valence-corrected chi connectivity index (χ1v) is 16.9. The van der Waals surface area contributed by atoms with Crippen LogP contribution in [0.5, 0.6) is 0 Å². The molecule has 258 valence electrons. The van der Waals surface area contributed by atoms with Crippen molar-refractivity contribution in [3.8, 4) is 0 Å². The first-order valence-electron chi connectivity index (χ1n) is 13.9. The Morgan fingerprint density at radius 1 is 0.875 bits per heavy atom. The van der Waals surface area contributed by atoms with Crippen molar-refractivity contribution in [1.29, 1.82) is 0 Å². The van der Waals surface area contributed by atoms with E-state index >= 15 is 0 Å². The Morgan fingerprint density at radius 2 is 1.35 bits per heavy atom. The van der Waals surface area contributed by atoms with Gasteiger partial charge in [-0.15, -0.1) is 0 Å². The number of hydrogen-bond acceptors (Lipinski definition) is 18. The third-order valence-electron chi connectivity index (χ3n) is 7.60. The summed E-state index contributed by atoms with van der Waals surface area (Å²) in [5.74, 6) is -0.368. The fourth-order valence-corrected chi connectivity index (χ4v) is 7.47. The van der Waals surface area contributed by atoms with Gasteiger partial charge in [0.05, 0.1) is 25.9 Å². The monoisotopic (exact) mass is 716 g/mol. The summed E-state index contributed by atoms with van der Waals surface area (Å²) < 4.78 is 60.9. The number of nitrogens with two attached hydrogens (primary N) is 1. The van der Waals surface area contributed by atoms with Crippen molar-refractivity contribution < 1.29 is 56.7 Å². The number of aliphatic hydroxyl groups excluding tert-OH is 2. The van der Waals surface area contributed by atoms with E-state index in [0.717, 1.165) is 21.8 Å². The second kappa shape index (κ2) is 12.0. The van der Waals surface area contributed by atoms with Crippen molar-refractivity contribution in [2.75, 3.05) is 18.9 Å². The van der Waals surface area contributed by atoms with Crippen molar-refractivity contribution in [3.63, 3.8) is 0 Å². The number of anilines is 1. The highest BCUT2D eigenvalue weighted by molar-refractivity contribution is 7.47. The molecule has 0 spiro atoms. The number of nitrogen functional groups attached to an aromatic ring is 1. The van der Waals surface area contributed by atoms with Crippen molar-refractivity contribution in [2.24, 2.45) is 4.99 Å². The number of nitrogens with one attached hydrogen (secondary N) is 2. The predicted molar refractivity (Wildman–Crippen MR) is 156 cm³/mol. The molecule has 0 aliphatic carbocycles. The highest BCUT2D eigenvalue weighted by Crippen LogP contribution is 2.53. The van der Waals surface area contributed by atoms with E-state index in [1.54, 1.807) is 6.92 Å². The van der Waals surface area contributed by atoms with Gasteiger partial charge in [0.2, 0.25) is 11.9 Å². The maximum atomic E-state index is 13.2. The summed E-state index contributed by atoms with van der Waals surface area (Å²) in [7, 11) is -10.2. The molecule has 0 amide bonds. The van der Waals surface area contributed by atoms with Crippen LogP contribution in [-0.2, 0) is 36.7 Å². The molecular weight excluding hydrogens is 690 g/mol. The molecule has 4 unspecified atom stereocenters. The number of hydrogen-bond donors (Lipinski definition) is 7. The fourth-order valence-electron chi connectivity index (χ4n) is 5.54. The Bertz CT molecular complexity index is 2130. The second-order valence-electron chi connectivity index (χ2n) is 10.7. The number of rotatable bonds is 3. The van der Waals surface area contributed by atoms with E-state index in [4.69, 9.17) is 33.3 Å². The molecule has 4 aromatic rings. The summed E-state index contributed by atoms with van der Waals surface area (Å²) >= 11 is 0. The number of imidazole rings is 2. The van der Waals surface area contributed by atoms with Gasteiger partial charge in [-0.1, -0.05) is 0 Å². The molecule has 3 saturated heterocycles. The van der Waals surface area contributed by atoms with E-state index in [-0.39, 0.29) is 34.2 Å². The fraction of sp³-hybridized carbons (Fsp3) is 0.500. The Kier molecular flexibility index (Phi) is 8.17. The Balaban J connectivity index is 1.17. The SMILES string of the molecule is C/C=N\c1nc2c(ncn2[C@@H]2O[C@H]3COP(=O)(O)O[C@@H]4C(O)[C@H](n5cnc6c(=O)[nH]c(N)nc65)O[C@H]4COP(=O)(O)OC3[C@@H]2O)c(=O)[nH]1. The molecule has 7 heterocycles. The van der Waals surface area contributed by atoms with Crippen molar-refractivity contribution in [1.82, 2.24) is 39.0 Å². The summed E-state index contributed by atoms with van der Waals surface area (Å²) in [6, 6.07) is 0. The summed E-state index contributed by atoms with van der Waals surface area (Å²) in [5.41, 5.74) is 3.77. The van der Waals surface area contributed by atoms with E-state index in [0.29, 0.717) is 0 Å². The Morgan fingerprint density at radius 3 is 1.85 bits per heavy atom. The van der Waals surface area contributed by atoms with E-state index in [1.807, 2.05) is 0 Å². The molecule has 0 bridgehead atoms. The lowest BCUT2D eigenvalue weighted by atomic mass is 10.1. The number of H-pyrrole nitrogens is 2. The lowest BCUT2D eigenvalue weighted by Crippen LogP contribution is -2.39. The molecule has 4 aromatic heterocycles. The second-order valence-corrected chi connectivity index (χ2v) is 13.5. The highest BCUT2D eigenvalue weighted by Gasteiger charge is 2.54. The topological polar surface area (TPSA) is 336 Å². The average Bonchev–Trinajstić information content (AvgIpc) is 3.76. The number of aliphatic imine (C=N–C) groups is 1. The van der Waals surface area contributed by atoms with Crippen LogP contribution in [0.4, 0.5) is 11.9 Å². The molecule has 7 rings (SSSR count). The zero-order valence-electron chi connectivity index (χ0n) is 24.2. The molecule has 8 N–H and O–H groups in total. The van der Waals surface area contributed by atoms with Gasteiger partial charge in [0.1, 0.15) is 36.6 Å². The maximum absolute atomic E-state index is 13.2. The van der Waals surface area contributed by atoms with Gasteiger partial charge < -0.3 is 35.2 Å². The maximum Gasteiger partial charge on any atom is 0.472 e. The van der Waals surface area contributed by atoms with Crippen LogP contribution in [-0.4, -0.2) is 115 Å². The molecular formula is C22H26N10O14P2. The van der Waals surface area contributed by atoms with Crippen LogP contribution in [0.3, 0.4) is 0 Å². The highest BCUT2D eigenvalue weighted by atomic mass is 31.2. The van der Waals surface area contributed by atoms with E-state index < -0.39 is 89.1 Å². The molecule has 3 aliphatic heterocycles. The van der Waals surface area contributed by atoms with Gasteiger partial charge in [-0.25, -0.2) is 24.1 Å². The van der Waals surface area contributed by atoms with E-state index in [1.165, 1.54) is 6.21 Å².